The molecule has 0 spiro atoms. The molecule has 0 aromatic carbocycles. The molecule has 0 aromatic heterocycles. The van der Waals surface area contributed by atoms with Gasteiger partial charge in [0.15, 0.2) is 5.11 Å². The van der Waals surface area contributed by atoms with E-state index < -0.39 is 0 Å². The first-order valence-electron chi connectivity index (χ1n) is 4.58. The van der Waals surface area contributed by atoms with Crippen LogP contribution in [0.3, 0.4) is 0 Å². The van der Waals surface area contributed by atoms with Crippen molar-refractivity contribution in [2.24, 2.45) is 17.6 Å². The maximum atomic E-state index is 5.64. The van der Waals surface area contributed by atoms with Crippen molar-refractivity contribution in [3.05, 3.63) is 0 Å². The molecule has 1 saturated heterocycles. The summed E-state index contributed by atoms with van der Waals surface area (Å²) in [6, 6.07) is 0.513. The predicted molar refractivity (Wildman–Crippen MR) is 55.9 cm³/mol. The zero-order valence-corrected chi connectivity index (χ0v) is 8.90. The number of likely N-dealkylation sites (tertiary alicyclic amines) is 1. The van der Waals surface area contributed by atoms with Gasteiger partial charge >= 0.3 is 0 Å². The standard InChI is InChI=1S/C9H18N2S/c1-6-4-7(2)8(3)11(5-6)9(10)12/h6-8H,4-5H2,1-3H3,(H2,10,12). The summed E-state index contributed by atoms with van der Waals surface area (Å²) in [5.41, 5.74) is 5.64. The second-order valence-corrected chi connectivity index (χ2v) is 4.47. The summed E-state index contributed by atoms with van der Waals surface area (Å²) in [5, 5.41) is 0.556. The summed E-state index contributed by atoms with van der Waals surface area (Å²) in [6.45, 7) is 7.76. The number of nitrogens with zero attached hydrogens (tertiary/aromatic N) is 1. The fourth-order valence-corrected chi connectivity index (χ4v) is 2.25. The first-order chi connectivity index (χ1) is 5.52. The lowest BCUT2D eigenvalue weighted by molar-refractivity contribution is 0.148. The average molecular weight is 186 g/mol. The molecule has 1 heterocycles. The van der Waals surface area contributed by atoms with Crippen molar-refractivity contribution in [2.45, 2.75) is 33.2 Å². The van der Waals surface area contributed by atoms with Crippen molar-refractivity contribution < 1.29 is 0 Å². The number of rotatable bonds is 0. The van der Waals surface area contributed by atoms with E-state index in [1.807, 2.05) is 0 Å². The maximum absolute atomic E-state index is 5.64. The Morgan fingerprint density at radius 3 is 2.50 bits per heavy atom. The lowest BCUT2D eigenvalue weighted by Crippen LogP contribution is -2.50. The molecule has 2 nitrogen and oxygen atoms in total. The Bertz CT molecular complexity index is 181. The van der Waals surface area contributed by atoms with Crippen molar-refractivity contribution in [3.8, 4) is 0 Å². The van der Waals surface area contributed by atoms with Crippen LogP contribution >= 0.6 is 12.2 Å². The lowest BCUT2D eigenvalue weighted by atomic mass is 9.86. The zero-order valence-electron chi connectivity index (χ0n) is 8.08. The molecule has 1 aliphatic rings. The summed E-state index contributed by atoms with van der Waals surface area (Å²) < 4.78 is 0. The molecule has 12 heavy (non-hydrogen) atoms. The van der Waals surface area contributed by atoms with Gasteiger partial charge in [-0.15, -0.1) is 0 Å². The lowest BCUT2D eigenvalue weighted by Gasteiger charge is -2.41. The fraction of sp³-hybridized carbons (Fsp3) is 0.889. The van der Waals surface area contributed by atoms with Crippen LogP contribution in [0.4, 0.5) is 0 Å². The van der Waals surface area contributed by atoms with E-state index in [0.717, 1.165) is 12.5 Å². The monoisotopic (exact) mass is 186 g/mol. The van der Waals surface area contributed by atoms with Crippen molar-refractivity contribution in [1.29, 1.82) is 0 Å². The molecule has 0 amide bonds. The first-order valence-corrected chi connectivity index (χ1v) is 4.99. The summed E-state index contributed by atoms with van der Waals surface area (Å²) in [6.07, 6.45) is 1.29. The van der Waals surface area contributed by atoms with E-state index >= 15 is 0 Å². The Morgan fingerprint density at radius 2 is 2.00 bits per heavy atom. The van der Waals surface area contributed by atoms with Gasteiger partial charge in [0.05, 0.1) is 0 Å². The molecule has 1 rings (SSSR count). The van der Waals surface area contributed by atoms with Crippen LogP contribution in [0.25, 0.3) is 0 Å². The van der Waals surface area contributed by atoms with E-state index in [0.29, 0.717) is 17.1 Å². The zero-order chi connectivity index (χ0) is 9.30. The van der Waals surface area contributed by atoms with Crippen LogP contribution in [0.1, 0.15) is 27.2 Å². The molecule has 0 saturated carbocycles. The highest BCUT2D eigenvalue weighted by atomic mass is 32.1. The normalized spacial score (nSPS) is 36.6. The molecule has 0 aromatic rings. The van der Waals surface area contributed by atoms with Crippen molar-refractivity contribution in [3.63, 3.8) is 0 Å². The third-order valence-electron chi connectivity index (χ3n) is 2.88. The van der Waals surface area contributed by atoms with E-state index in [-0.39, 0.29) is 0 Å². The van der Waals surface area contributed by atoms with Crippen LogP contribution in [-0.2, 0) is 0 Å². The Morgan fingerprint density at radius 1 is 1.42 bits per heavy atom. The first kappa shape index (κ1) is 9.78. The highest BCUT2D eigenvalue weighted by Gasteiger charge is 2.28. The third kappa shape index (κ3) is 1.89. The summed E-state index contributed by atoms with van der Waals surface area (Å²) >= 11 is 5.00. The Hall–Kier alpha value is -0.310. The molecule has 2 N–H and O–H groups in total. The highest BCUT2D eigenvalue weighted by Crippen LogP contribution is 2.26. The SMILES string of the molecule is CC1CC(C)C(C)N(C(N)=S)C1. The number of hydrogen-bond donors (Lipinski definition) is 1. The summed E-state index contributed by atoms with van der Waals surface area (Å²) in [5.74, 6) is 1.42. The number of thiocarbonyl (C=S) groups is 1. The molecule has 0 radical (unpaired) electrons. The molecule has 70 valence electrons. The minimum absolute atomic E-state index is 0.513. The van der Waals surface area contributed by atoms with Gasteiger partial charge in [0.1, 0.15) is 0 Å². The van der Waals surface area contributed by atoms with Crippen molar-refractivity contribution in [2.75, 3.05) is 6.54 Å². The van der Waals surface area contributed by atoms with Gasteiger partial charge < -0.3 is 10.6 Å². The fourth-order valence-electron chi connectivity index (χ4n) is 2.01. The maximum Gasteiger partial charge on any atom is 0.166 e. The highest BCUT2D eigenvalue weighted by molar-refractivity contribution is 7.80. The molecule has 0 bridgehead atoms. The van der Waals surface area contributed by atoms with Gasteiger partial charge in [-0.05, 0) is 37.4 Å². The molecule has 3 unspecified atom stereocenters. The van der Waals surface area contributed by atoms with E-state index in [9.17, 15) is 0 Å². The summed E-state index contributed by atoms with van der Waals surface area (Å²) in [4.78, 5) is 2.15. The minimum Gasteiger partial charge on any atom is -0.376 e. The average Bonchev–Trinajstić information content (AvgIpc) is 1.96. The second kappa shape index (κ2) is 3.60. The summed E-state index contributed by atoms with van der Waals surface area (Å²) in [7, 11) is 0. The molecule has 1 aliphatic heterocycles. The molecule has 0 aliphatic carbocycles. The van der Waals surface area contributed by atoms with Crippen LogP contribution in [0.5, 0.6) is 0 Å². The molecule has 3 heteroatoms. The van der Waals surface area contributed by atoms with Gasteiger partial charge in [-0.25, -0.2) is 0 Å². The van der Waals surface area contributed by atoms with E-state index in [2.05, 4.69) is 25.7 Å². The number of nitrogens with two attached hydrogens (primary N) is 1. The second-order valence-electron chi connectivity index (χ2n) is 4.05. The van der Waals surface area contributed by atoms with Gasteiger partial charge in [0, 0.05) is 12.6 Å². The van der Waals surface area contributed by atoms with E-state index in [1.54, 1.807) is 0 Å². The smallest absolute Gasteiger partial charge is 0.166 e. The molecule has 3 atom stereocenters. The third-order valence-corrected chi connectivity index (χ3v) is 3.12. The Labute approximate surface area is 80.1 Å². The number of piperidine rings is 1. The predicted octanol–water partition coefficient (Wildman–Crippen LogP) is 1.60. The number of hydrogen-bond acceptors (Lipinski definition) is 1. The molecular weight excluding hydrogens is 168 g/mol. The molecule has 1 fully saturated rings. The van der Waals surface area contributed by atoms with Crippen LogP contribution in [0, 0.1) is 11.8 Å². The quantitative estimate of drug-likeness (QED) is 0.583. The van der Waals surface area contributed by atoms with Crippen molar-refractivity contribution in [1.82, 2.24) is 4.90 Å². The largest absolute Gasteiger partial charge is 0.376 e. The molecular formula is C9H18N2S. The van der Waals surface area contributed by atoms with Crippen LogP contribution in [-0.4, -0.2) is 22.6 Å². The minimum atomic E-state index is 0.513. The van der Waals surface area contributed by atoms with Gasteiger partial charge in [-0.3, -0.25) is 0 Å². The Balaban J connectivity index is 2.66. The van der Waals surface area contributed by atoms with Gasteiger partial charge in [0.25, 0.3) is 0 Å². The van der Waals surface area contributed by atoms with Crippen LogP contribution in [0.15, 0.2) is 0 Å². The Kier molecular flexibility index (Phi) is 2.94. The van der Waals surface area contributed by atoms with Crippen molar-refractivity contribution >= 4 is 17.3 Å². The van der Waals surface area contributed by atoms with Gasteiger partial charge in [0.2, 0.25) is 0 Å². The van der Waals surface area contributed by atoms with Gasteiger partial charge in [-0.2, -0.15) is 0 Å². The van der Waals surface area contributed by atoms with E-state index in [1.165, 1.54) is 6.42 Å². The topological polar surface area (TPSA) is 29.3 Å². The van der Waals surface area contributed by atoms with Crippen LogP contribution < -0.4 is 5.73 Å². The van der Waals surface area contributed by atoms with E-state index in [4.69, 9.17) is 18.0 Å². The van der Waals surface area contributed by atoms with Gasteiger partial charge in [-0.1, -0.05) is 13.8 Å². The van der Waals surface area contributed by atoms with Crippen LogP contribution in [0.2, 0.25) is 0 Å².